The molecular weight excluding hydrogens is 266 g/mol. The van der Waals surface area contributed by atoms with Crippen LogP contribution in [0.4, 0.5) is 0 Å². The molecule has 1 aromatic heterocycles. The molecular formula is C16H21N3O2. The molecule has 0 spiro atoms. The van der Waals surface area contributed by atoms with E-state index >= 15 is 0 Å². The molecule has 3 rings (SSSR count). The van der Waals surface area contributed by atoms with E-state index in [2.05, 4.69) is 21.4 Å². The molecule has 1 atom stereocenters. The van der Waals surface area contributed by atoms with Crippen LogP contribution in [0.1, 0.15) is 29.5 Å². The van der Waals surface area contributed by atoms with Crippen LogP contribution in [0.3, 0.4) is 0 Å². The number of nitrogens with zero attached hydrogens (tertiary/aromatic N) is 3. The number of aryl methyl sites for hydroxylation is 1. The molecule has 0 amide bonds. The van der Waals surface area contributed by atoms with Gasteiger partial charge in [0.25, 0.3) is 0 Å². The highest BCUT2D eigenvalue weighted by Crippen LogP contribution is 2.24. The van der Waals surface area contributed by atoms with Crippen molar-refractivity contribution >= 4 is 17.0 Å². The zero-order chi connectivity index (χ0) is 15.0. The summed E-state index contributed by atoms with van der Waals surface area (Å²) in [5.41, 5.74) is 1.83. The summed E-state index contributed by atoms with van der Waals surface area (Å²) in [4.78, 5) is 18.3. The fourth-order valence-corrected chi connectivity index (χ4v) is 3.27. The summed E-state index contributed by atoms with van der Waals surface area (Å²) in [5, 5.41) is 9.28. The third-order valence-corrected chi connectivity index (χ3v) is 4.46. The SMILES string of the molecule is CCN1CCC(Cn2c(C)nc3c(C(=O)O)cccc32)C1. The molecule has 5 heteroatoms. The van der Waals surface area contributed by atoms with Gasteiger partial charge in [0.1, 0.15) is 11.3 Å². The summed E-state index contributed by atoms with van der Waals surface area (Å²) in [5.74, 6) is 0.603. The molecule has 5 nitrogen and oxygen atoms in total. The normalized spacial score (nSPS) is 19.4. The third kappa shape index (κ3) is 2.53. The van der Waals surface area contributed by atoms with Crippen LogP contribution in [0.2, 0.25) is 0 Å². The number of para-hydroxylation sites is 1. The fourth-order valence-electron chi connectivity index (χ4n) is 3.27. The molecule has 0 bridgehead atoms. The van der Waals surface area contributed by atoms with Crippen molar-refractivity contribution in [2.75, 3.05) is 19.6 Å². The van der Waals surface area contributed by atoms with Gasteiger partial charge in [0.05, 0.1) is 11.1 Å². The van der Waals surface area contributed by atoms with Crippen LogP contribution in [0.15, 0.2) is 18.2 Å². The van der Waals surface area contributed by atoms with E-state index in [-0.39, 0.29) is 5.56 Å². The minimum absolute atomic E-state index is 0.288. The number of benzene rings is 1. The lowest BCUT2D eigenvalue weighted by molar-refractivity contribution is 0.0699. The molecule has 1 saturated heterocycles. The highest BCUT2D eigenvalue weighted by Gasteiger charge is 2.23. The van der Waals surface area contributed by atoms with Crippen molar-refractivity contribution in [3.05, 3.63) is 29.6 Å². The average Bonchev–Trinajstić information content (AvgIpc) is 3.04. The first-order valence-corrected chi connectivity index (χ1v) is 7.51. The predicted molar refractivity (Wildman–Crippen MR) is 81.7 cm³/mol. The zero-order valence-corrected chi connectivity index (χ0v) is 12.5. The topological polar surface area (TPSA) is 58.4 Å². The molecule has 1 aliphatic heterocycles. The van der Waals surface area contributed by atoms with Gasteiger partial charge in [0, 0.05) is 13.1 Å². The maximum Gasteiger partial charge on any atom is 0.337 e. The van der Waals surface area contributed by atoms with Gasteiger partial charge in [-0.05, 0) is 44.5 Å². The second kappa shape index (κ2) is 5.48. The van der Waals surface area contributed by atoms with Crippen molar-refractivity contribution in [1.82, 2.24) is 14.5 Å². The van der Waals surface area contributed by atoms with Gasteiger partial charge in [-0.15, -0.1) is 0 Å². The summed E-state index contributed by atoms with van der Waals surface area (Å²) in [6.45, 7) is 8.45. The summed E-state index contributed by atoms with van der Waals surface area (Å²) >= 11 is 0. The summed E-state index contributed by atoms with van der Waals surface area (Å²) in [7, 11) is 0. The molecule has 21 heavy (non-hydrogen) atoms. The average molecular weight is 287 g/mol. The van der Waals surface area contributed by atoms with Gasteiger partial charge in [-0.25, -0.2) is 9.78 Å². The molecule has 112 valence electrons. The maximum absolute atomic E-state index is 11.3. The number of likely N-dealkylation sites (tertiary alicyclic amines) is 1. The number of imidazole rings is 1. The lowest BCUT2D eigenvalue weighted by Gasteiger charge is -2.15. The van der Waals surface area contributed by atoms with E-state index in [9.17, 15) is 9.90 Å². The summed E-state index contributed by atoms with van der Waals surface area (Å²) in [6.07, 6.45) is 1.20. The van der Waals surface area contributed by atoms with Crippen LogP contribution >= 0.6 is 0 Å². The number of carboxylic acids is 1. The molecule has 1 fully saturated rings. The van der Waals surface area contributed by atoms with Gasteiger partial charge in [-0.1, -0.05) is 13.0 Å². The summed E-state index contributed by atoms with van der Waals surface area (Å²) in [6, 6.07) is 5.39. The lowest BCUT2D eigenvalue weighted by Crippen LogP contribution is -2.21. The Labute approximate surface area is 124 Å². The Balaban J connectivity index is 1.94. The van der Waals surface area contributed by atoms with E-state index in [1.807, 2.05) is 13.0 Å². The first-order valence-electron chi connectivity index (χ1n) is 7.51. The third-order valence-electron chi connectivity index (χ3n) is 4.46. The van der Waals surface area contributed by atoms with Crippen molar-refractivity contribution in [2.24, 2.45) is 5.92 Å². The molecule has 0 saturated carbocycles. The van der Waals surface area contributed by atoms with Gasteiger partial charge in [0.15, 0.2) is 0 Å². The van der Waals surface area contributed by atoms with E-state index in [1.165, 1.54) is 6.42 Å². The quantitative estimate of drug-likeness (QED) is 0.938. The number of rotatable bonds is 4. The minimum atomic E-state index is -0.914. The van der Waals surface area contributed by atoms with E-state index < -0.39 is 5.97 Å². The Morgan fingerprint density at radius 3 is 2.95 bits per heavy atom. The van der Waals surface area contributed by atoms with Crippen LogP contribution in [0.5, 0.6) is 0 Å². The van der Waals surface area contributed by atoms with Crippen molar-refractivity contribution in [1.29, 1.82) is 0 Å². The van der Waals surface area contributed by atoms with Crippen molar-refractivity contribution < 1.29 is 9.90 Å². The van der Waals surface area contributed by atoms with E-state index in [1.54, 1.807) is 12.1 Å². The molecule has 2 heterocycles. The highest BCUT2D eigenvalue weighted by atomic mass is 16.4. The fraction of sp³-hybridized carbons (Fsp3) is 0.500. The Morgan fingerprint density at radius 2 is 2.29 bits per heavy atom. The minimum Gasteiger partial charge on any atom is -0.478 e. The second-order valence-electron chi connectivity index (χ2n) is 5.80. The van der Waals surface area contributed by atoms with Gasteiger partial charge in [0.2, 0.25) is 0 Å². The number of aromatic carboxylic acids is 1. The number of carbonyl (C=O) groups is 1. The van der Waals surface area contributed by atoms with E-state index in [0.717, 1.165) is 37.5 Å². The van der Waals surface area contributed by atoms with E-state index in [4.69, 9.17) is 0 Å². The first kappa shape index (κ1) is 14.1. The van der Waals surface area contributed by atoms with Crippen LogP contribution in [-0.4, -0.2) is 45.2 Å². The number of aromatic nitrogens is 2. The number of carboxylic acid groups (broad SMARTS) is 1. The standard InChI is InChI=1S/C16H21N3O2/c1-3-18-8-7-12(9-18)10-19-11(2)17-15-13(16(20)21)5-4-6-14(15)19/h4-6,12H,3,7-10H2,1-2H3,(H,20,21). The van der Waals surface area contributed by atoms with Crippen LogP contribution in [0, 0.1) is 12.8 Å². The Morgan fingerprint density at radius 1 is 1.48 bits per heavy atom. The predicted octanol–water partition coefficient (Wildman–Crippen LogP) is 2.38. The first-order chi connectivity index (χ1) is 10.1. The Kier molecular flexibility index (Phi) is 3.68. The van der Waals surface area contributed by atoms with Gasteiger partial charge in [-0.3, -0.25) is 0 Å². The second-order valence-corrected chi connectivity index (χ2v) is 5.80. The lowest BCUT2D eigenvalue weighted by atomic mass is 10.1. The number of hydrogen-bond acceptors (Lipinski definition) is 3. The van der Waals surface area contributed by atoms with Gasteiger partial charge >= 0.3 is 5.97 Å². The van der Waals surface area contributed by atoms with Crippen LogP contribution in [-0.2, 0) is 6.54 Å². The van der Waals surface area contributed by atoms with Crippen LogP contribution < -0.4 is 0 Å². The van der Waals surface area contributed by atoms with Crippen molar-refractivity contribution in [3.8, 4) is 0 Å². The monoisotopic (exact) mass is 287 g/mol. The number of hydrogen-bond donors (Lipinski definition) is 1. The van der Waals surface area contributed by atoms with E-state index in [0.29, 0.717) is 11.4 Å². The van der Waals surface area contributed by atoms with Gasteiger partial charge in [-0.2, -0.15) is 0 Å². The molecule has 0 radical (unpaired) electrons. The maximum atomic E-state index is 11.3. The zero-order valence-electron chi connectivity index (χ0n) is 12.5. The molecule has 1 unspecified atom stereocenters. The van der Waals surface area contributed by atoms with Crippen LogP contribution in [0.25, 0.3) is 11.0 Å². The summed E-state index contributed by atoms with van der Waals surface area (Å²) < 4.78 is 2.17. The largest absolute Gasteiger partial charge is 0.478 e. The van der Waals surface area contributed by atoms with Crippen molar-refractivity contribution in [3.63, 3.8) is 0 Å². The van der Waals surface area contributed by atoms with Crippen molar-refractivity contribution in [2.45, 2.75) is 26.8 Å². The highest BCUT2D eigenvalue weighted by molar-refractivity contribution is 6.01. The molecule has 1 aliphatic rings. The molecule has 0 aliphatic carbocycles. The van der Waals surface area contributed by atoms with Gasteiger partial charge < -0.3 is 14.6 Å². The Bertz CT molecular complexity index is 677. The number of fused-ring (bicyclic) bond motifs is 1. The Hall–Kier alpha value is -1.88. The molecule has 1 N–H and O–H groups in total. The molecule has 2 aromatic rings. The smallest absolute Gasteiger partial charge is 0.337 e. The molecule has 1 aromatic carbocycles.